The number of nitrogens with zero attached hydrogens (tertiary/aromatic N) is 3. The summed E-state index contributed by atoms with van der Waals surface area (Å²) in [6.07, 6.45) is 2.33. The highest BCUT2D eigenvalue weighted by atomic mass is 19.2. The third kappa shape index (κ3) is 3.64. The van der Waals surface area contributed by atoms with E-state index in [-0.39, 0.29) is 23.4 Å². The molecule has 2 atom stereocenters. The number of rotatable bonds is 2. The van der Waals surface area contributed by atoms with Gasteiger partial charge >= 0.3 is 0 Å². The maximum atomic E-state index is 13.6. The Bertz CT molecular complexity index is 799. The minimum atomic E-state index is -1.03. The fraction of sp³-hybridized carbons (Fsp3) is 0.619. The lowest BCUT2D eigenvalue weighted by Crippen LogP contribution is -2.66. The molecule has 4 rings (SSSR count). The molecule has 1 aromatic carbocycles. The quantitative estimate of drug-likeness (QED) is 0.750. The molecule has 158 valence electrons. The van der Waals surface area contributed by atoms with Crippen molar-refractivity contribution in [3.63, 3.8) is 0 Å². The molecule has 0 N–H and O–H groups in total. The van der Waals surface area contributed by atoms with E-state index >= 15 is 0 Å². The van der Waals surface area contributed by atoms with E-state index in [0.717, 1.165) is 31.5 Å². The normalized spacial score (nSPS) is 28.2. The van der Waals surface area contributed by atoms with Crippen LogP contribution in [0, 0.1) is 17.0 Å². The molecule has 3 heterocycles. The Kier molecular flexibility index (Phi) is 5.57. The number of benzene rings is 1. The summed E-state index contributed by atoms with van der Waals surface area (Å²) in [5.74, 6) is -2.16. The molecular formula is C21H27F2N3O3. The SMILES string of the molecule is CN1CCC[C@@]2(C(=O)N3CCOCC3)CCN(C(=O)c3ccc(F)c(F)c3)C[C@H]12. The third-order valence-corrected chi connectivity index (χ3v) is 6.70. The van der Waals surface area contributed by atoms with Gasteiger partial charge in [0.2, 0.25) is 5.91 Å². The van der Waals surface area contributed by atoms with Crippen molar-refractivity contribution in [2.75, 3.05) is 53.0 Å². The molecule has 3 saturated heterocycles. The van der Waals surface area contributed by atoms with Crippen molar-refractivity contribution in [3.05, 3.63) is 35.4 Å². The van der Waals surface area contributed by atoms with Gasteiger partial charge in [0.25, 0.3) is 5.91 Å². The number of morpholine rings is 1. The van der Waals surface area contributed by atoms with Gasteiger partial charge in [0.05, 0.1) is 18.6 Å². The van der Waals surface area contributed by atoms with Gasteiger partial charge < -0.3 is 19.4 Å². The highest BCUT2D eigenvalue weighted by Gasteiger charge is 2.53. The Morgan fingerprint density at radius 1 is 1.03 bits per heavy atom. The van der Waals surface area contributed by atoms with Crippen LogP contribution in [-0.4, -0.2) is 85.5 Å². The van der Waals surface area contributed by atoms with Crippen molar-refractivity contribution in [2.45, 2.75) is 25.3 Å². The number of halogens is 2. The summed E-state index contributed by atoms with van der Waals surface area (Å²) < 4.78 is 32.2. The van der Waals surface area contributed by atoms with Crippen molar-refractivity contribution >= 4 is 11.8 Å². The molecule has 0 saturated carbocycles. The van der Waals surface area contributed by atoms with Crippen LogP contribution in [0.15, 0.2) is 18.2 Å². The predicted molar refractivity (Wildman–Crippen MR) is 102 cm³/mol. The molecule has 3 fully saturated rings. The lowest BCUT2D eigenvalue weighted by atomic mass is 9.67. The van der Waals surface area contributed by atoms with Crippen molar-refractivity contribution in [1.29, 1.82) is 0 Å². The van der Waals surface area contributed by atoms with Crippen molar-refractivity contribution in [1.82, 2.24) is 14.7 Å². The summed E-state index contributed by atoms with van der Waals surface area (Å²) in [6.45, 7) is 4.04. The number of likely N-dealkylation sites (N-methyl/N-ethyl adjacent to an activating group) is 1. The van der Waals surface area contributed by atoms with Gasteiger partial charge in [-0.3, -0.25) is 9.59 Å². The van der Waals surface area contributed by atoms with Crippen LogP contribution in [0.25, 0.3) is 0 Å². The Morgan fingerprint density at radius 2 is 1.79 bits per heavy atom. The first-order chi connectivity index (χ1) is 13.9. The zero-order valence-corrected chi connectivity index (χ0v) is 16.7. The van der Waals surface area contributed by atoms with Gasteiger partial charge in [0.1, 0.15) is 0 Å². The number of hydrogen-bond donors (Lipinski definition) is 0. The first kappa shape index (κ1) is 20.2. The molecule has 0 aromatic heterocycles. The van der Waals surface area contributed by atoms with E-state index in [1.807, 2.05) is 11.9 Å². The average Bonchev–Trinajstić information content (AvgIpc) is 2.75. The second-order valence-corrected chi connectivity index (χ2v) is 8.29. The Labute approximate surface area is 169 Å². The van der Waals surface area contributed by atoms with Crippen LogP contribution in [0.5, 0.6) is 0 Å². The summed E-state index contributed by atoms with van der Waals surface area (Å²) in [5.41, 5.74) is -0.371. The molecule has 1 aromatic rings. The van der Waals surface area contributed by atoms with E-state index < -0.39 is 17.0 Å². The molecular weight excluding hydrogens is 380 g/mol. The molecule has 8 heteroatoms. The van der Waals surface area contributed by atoms with E-state index in [1.165, 1.54) is 6.07 Å². The van der Waals surface area contributed by atoms with Gasteiger partial charge in [-0.1, -0.05) is 0 Å². The number of carbonyl (C=O) groups is 2. The van der Waals surface area contributed by atoms with Gasteiger partial charge in [-0.2, -0.15) is 0 Å². The van der Waals surface area contributed by atoms with E-state index in [1.54, 1.807) is 4.90 Å². The molecule has 3 aliphatic rings. The second kappa shape index (κ2) is 7.99. The van der Waals surface area contributed by atoms with Gasteiger partial charge in [0, 0.05) is 37.8 Å². The van der Waals surface area contributed by atoms with E-state index in [4.69, 9.17) is 4.74 Å². The van der Waals surface area contributed by atoms with Crippen molar-refractivity contribution in [2.24, 2.45) is 5.41 Å². The lowest BCUT2D eigenvalue weighted by molar-refractivity contribution is -0.158. The number of fused-ring (bicyclic) bond motifs is 1. The largest absolute Gasteiger partial charge is 0.378 e. The lowest BCUT2D eigenvalue weighted by Gasteiger charge is -2.54. The molecule has 0 aliphatic carbocycles. The minimum absolute atomic E-state index is 0.0883. The molecule has 0 unspecified atom stereocenters. The average molecular weight is 407 g/mol. The van der Waals surface area contributed by atoms with Gasteiger partial charge in [0.15, 0.2) is 11.6 Å². The fourth-order valence-electron chi connectivity index (χ4n) is 5.06. The van der Waals surface area contributed by atoms with Crippen LogP contribution in [0.4, 0.5) is 8.78 Å². The Balaban J connectivity index is 1.56. The van der Waals surface area contributed by atoms with Crippen LogP contribution < -0.4 is 0 Å². The standard InChI is InChI=1S/C21H27F2N3O3/c1-24-7-2-5-21(20(28)25-9-11-29-12-10-25)6-8-26(14-18(21)24)19(27)15-3-4-16(22)17(23)13-15/h3-4,13,18H,2,5-12,14H2,1H3/t18-,21+/m0/s1. The zero-order valence-electron chi connectivity index (χ0n) is 16.7. The highest BCUT2D eigenvalue weighted by Crippen LogP contribution is 2.44. The maximum Gasteiger partial charge on any atom is 0.254 e. The number of ether oxygens (including phenoxy) is 1. The number of likely N-dealkylation sites (tertiary alicyclic amines) is 2. The summed E-state index contributed by atoms with van der Waals surface area (Å²) in [5, 5.41) is 0. The van der Waals surface area contributed by atoms with Crippen molar-refractivity contribution in [3.8, 4) is 0 Å². The fourth-order valence-corrected chi connectivity index (χ4v) is 5.06. The first-order valence-corrected chi connectivity index (χ1v) is 10.2. The van der Waals surface area contributed by atoms with Gasteiger partial charge in [-0.25, -0.2) is 8.78 Å². The van der Waals surface area contributed by atoms with E-state index in [9.17, 15) is 18.4 Å². The van der Waals surface area contributed by atoms with Crippen LogP contribution in [0.1, 0.15) is 29.6 Å². The monoisotopic (exact) mass is 407 g/mol. The van der Waals surface area contributed by atoms with Gasteiger partial charge in [-0.05, 0) is 51.1 Å². The summed E-state index contributed by atoms with van der Waals surface area (Å²) in [6, 6.07) is 3.15. The number of hydrogen-bond acceptors (Lipinski definition) is 4. The Morgan fingerprint density at radius 3 is 2.52 bits per heavy atom. The predicted octanol–water partition coefficient (Wildman–Crippen LogP) is 1.75. The van der Waals surface area contributed by atoms with Crippen molar-refractivity contribution < 1.29 is 23.1 Å². The minimum Gasteiger partial charge on any atom is -0.378 e. The molecule has 0 radical (unpaired) electrons. The number of carbonyl (C=O) groups excluding carboxylic acids is 2. The summed E-state index contributed by atoms with van der Waals surface area (Å²) in [7, 11) is 2.00. The summed E-state index contributed by atoms with van der Waals surface area (Å²) in [4.78, 5) is 32.2. The maximum absolute atomic E-state index is 13.6. The molecule has 2 amide bonds. The molecule has 3 aliphatic heterocycles. The Hall–Kier alpha value is -2.06. The topological polar surface area (TPSA) is 53.1 Å². The number of amides is 2. The summed E-state index contributed by atoms with van der Waals surface area (Å²) >= 11 is 0. The van der Waals surface area contributed by atoms with Crippen LogP contribution in [-0.2, 0) is 9.53 Å². The molecule has 0 bridgehead atoms. The highest BCUT2D eigenvalue weighted by molar-refractivity contribution is 5.94. The molecule has 6 nitrogen and oxygen atoms in total. The smallest absolute Gasteiger partial charge is 0.254 e. The van der Waals surface area contributed by atoms with Crippen LogP contribution in [0.3, 0.4) is 0 Å². The van der Waals surface area contributed by atoms with Crippen LogP contribution in [0.2, 0.25) is 0 Å². The second-order valence-electron chi connectivity index (χ2n) is 8.29. The molecule has 0 spiro atoms. The van der Waals surface area contributed by atoms with E-state index in [2.05, 4.69) is 4.90 Å². The first-order valence-electron chi connectivity index (χ1n) is 10.2. The zero-order chi connectivity index (χ0) is 20.6. The van der Waals surface area contributed by atoms with E-state index in [0.29, 0.717) is 45.8 Å². The third-order valence-electron chi connectivity index (χ3n) is 6.70. The molecule has 29 heavy (non-hydrogen) atoms. The van der Waals surface area contributed by atoms with Gasteiger partial charge in [-0.15, -0.1) is 0 Å². The number of piperidine rings is 2. The van der Waals surface area contributed by atoms with Crippen LogP contribution >= 0.6 is 0 Å².